The molecule has 0 spiro atoms. The first-order chi connectivity index (χ1) is 14.2. The van der Waals surface area contributed by atoms with E-state index >= 15 is 0 Å². The lowest BCUT2D eigenvalue weighted by atomic mass is 10.2. The standard InChI is InChI=1S/C21H17ClN4O2S/c22-17-7-4-8-18(10-17)28-12-16-9-19(29-13-16)20(27)24-21-23-14-26(25-21)11-15-5-2-1-3-6-15/h1-10,13-14H,11-12H2,(H,24,25,27). The van der Waals surface area contributed by atoms with Gasteiger partial charge in [0.05, 0.1) is 11.4 Å². The molecule has 6 nitrogen and oxygen atoms in total. The molecule has 29 heavy (non-hydrogen) atoms. The van der Waals surface area contributed by atoms with Gasteiger partial charge in [0.1, 0.15) is 18.7 Å². The van der Waals surface area contributed by atoms with Gasteiger partial charge >= 0.3 is 0 Å². The summed E-state index contributed by atoms with van der Waals surface area (Å²) < 4.78 is 7.39. The molecule has 4 rings (SSSR count). The van der Waals surface area contributed by atoms with Crippen molar-refractivity contribution >= 4 is 34.8 Å². The van der Waals surface area contributed by atoms with Crippen LogP contribution >= 0.6 is 22.9 Å². The minimum atomic E-state index is -0.249. The Balaban J connectivity index is 1.33. The van der Waals surface area contributed by atoms with Gasteiger partial charge in [0.15, 0.2) is 0 Å². The van der Waals surface area contributed by atoms with Crippen molar-refractivity contribution in [2.45, 2.75) is 13.2 Å². The van der Waals surface area contributed by atoms with Crippen LogP contribution in [0.4, 0.5) is 5.95 Å². The van der Waals surface area contributed by atoms with Crippen molar-refractivity contribution in [1.29, 1.82) is 0 Å². The summed E-state index contributed by atoms with van der Waals surface area (Å²) in [5.74, 6) is 0.709. The van der Waals surface area contributed by atoms with Crippen molar-refractivity contribution in [3.8, 4) is 5.75 Å². The van der Waals surface area contributed by atoms with Crippen LogP contribution in [0.1, 0.15) is 20.8 Å². The summed E-state index contributed by atoms with van der Waals surface area (Å²) in [6.45, 7) is 0.946. The van der Waals surface area contributed by atoms with Gasteiger partial charge in [0, 0.05) is 10.6 Å². The Kier molecular flexibility index (Phi) is 5.88. The largest absolute Gasteiger partial charge is 0.489 e. The second-order valence-corrected chi connectivity index (χ2v) is 7.62. The van der Waals surface area contributed by atoms with Crippen LogP contribution < -0.4 is 10.1 Å². The van der Waals surface area contributed by atoms with E-state index in [0.29, 0.717) is 28.8 Å². The number of hydrogen-bond acceptors (Lipinski definition) is 5. The molecule has 2 aromatic heterocycles. The van der Waals surface area contributed by atoms with Gasteiger partial charge < -0.3 is 4.74 Å². The Bertz CT molecular complexity index is 1110. The highest BCUT2D eigenvalue weighted by Gasteiger charge is 2.12. The number of ether oxygens (including phenoxy) is 1. The van der Waals surface area contributed by atoms with E-state index < -0.39 is 0 Å². The van der Waals surface area contributed by atoms with E-state index in [1.54, 1.807) is 29.2 Å². The molecule has 4 aromatic rings. The number of rotatable bonds is 7. The van der Waals surface area contributed by atoms with Crippen LogP contribution in [0.2, 0.25) is 5.02 Å². The maximum Gasteiger partial charge on any atom is 0.268 e. The second-order valence-electron chi connectivity index (χ2n) is 6.27. The molecule has 2 aromatic carbocycles. The average Bonchev–Trinajstić information content (AvgIpc) is 3.37. The predicted octanol–water partition coefficient (Wildman–Crippen LogP) is 4.87. The van der Waals surface area contributed by atoms with E-state index in [-0.39, 0.29) is 11.9 Å². The molecule has 1 amide bonds. The first kappa shape index (κ1) is 19.2. The summed E-state index contributed by atoms with van der Waals surface area (Å²) in [4.78, 5) is 17.2. The number of benzene rings is 2. The molecular weight excluding hydrogens is 408 g/mol. The highest BCUT2D eigenvalue weighted by atomic mass is 35.5. The number of thiophene rings is 1. The van der Waals surface area contributed by atoms with Crippen LogP contribution in [0, 0.1) is 0 Å². The molecule has 8 heteroatoms. The zero-order valence-electron chi connectivity index (χ0n) is 15.3. The van der Waals surface area contributed by atoms with Crippen LogP contribution in [0.25, 0.3) is 0 Å². The van der Waals surface area contributed by atoms with Crippen molar-refractivity contribution in [2.24, 2.45) is 0 Å². The Labute approximate surface area is 176 Å². The molecule has 0 unspecified atom stereocenters. The maximum absolute atomic E-state index is 12.5. The molecule has 0 bridgehead atoms. The number of aromatic nitrogens is 3. The second kappa shape index (κ2) is 8.89. The molecule has 0 aliphatic heterocycles. The summed E-state index contributed by atoms with van der Waals surface area (Å²) in [7, 11) is 0. The molecule has 2 heterocycles. The highest BCUT2D eigenvalue weighted by Crippen LogP contribution is 2.21. The third kappa shape index (κ3) is 5.22. The topological polar surface area (TPSA) is 69.0 Å². The average molecular weight is 425 g/mol. The van der Waals surface area contributed by atoms with Crippen LogP contribution in [0.3, 0.4) is 0 Å². The lowest BCUT2D eigenvalue weighted by molar-refractivity contribution is 0.102. The minimum Gasteiger partial charge on any atom is -0.489 e. The molecule has 0 saturated carbocycles. The zero-order chi connectivity index (χ0) is 20.1. The molecule has 1 N–H and O–H groups in total. The van der Waals surface area contributed by atoms with Crippen molar-refractivity contribution in [1.82, 2.24) is 14.8 Å². The Morgan fingerprint density at radius 2 is 1.97 bits per heavy atom. The van der Waals surface area contributed by atoms with Crippen molar-refractivity contribution < 1.29 is 9.53 Å². The van der Waals surface area contributed by atoms with Gasteiger partial charge in [-0.1, -0.05) is 48.0 Å². The van der Waals surface area contributed by atoms with Crippen LogP contribution in [0.5, 0.6) is 5.75 Å². The normalized spacial score (nSPS) is 10.7. The van der Waals surface area contributed by atoms with Crippen molar-refractivity contribution in [3.63, 3.8) is 0 Å². The maximum atomic E-state index is 12.5. The Morgan fingerprint density at radius 1 is 1.10 bits per heavy atom. The van der Waals surface area contributed by atoms with E-state index in [1.807, 2.05) is 47.8 Å². The van der Waals surface area contributed by atoms with E-state index in [4.69, 9.17) is 16.3 Å². The van der Waals surface area contributed by atoms with Crippen LogP contribution in [-0.4, -0.2) is 20.7 Å². The van der Waals surface area contributed by atoms with Crippen LogP contribution in [0.15, 0.2) is 72.4 Å². The summed E-state index contributed by atoms with van der Waals surface area (Å²) in [6.07, 6.45) is 1.60. The Morgan fingerprint density at radius 3 is 2.79 bits per heavy atom. The number of carbonyl (C=O) groups is 1. The van der Waals surface area contributed by atoms with Gasteiger partial charge in [-0.25, -0.2) is 9.67 Å². The number of hydrogen-bond donors (Lipinski definition) is 1. The minimum absolute atomic E-state index is 0.249. The van der Waals surface area contributed by atoms with Gasteiger partial charge in [-0.2, -0.15) is 0 Å². The number of nitrogens with one attached hydrogen (secondary N) is 1. The number of carbonyl (C=O) groups excluding carboxylic acids is 1. The predicted molar refractivity (Wildman–Crippen MR) is 114 cm³/mol. The molecular formula is C21H17ClN4O2S. The van der Waals surface area contributed by atoms with E-state index in [2.05, 4.69) is 15.4 Å². The van der Waals surface area contributed by atoms with Gasteiger partial charge in [-0.05, 0) is 35.2 Å². The smallest absolute Gasteiger partial charge is 0.268 e. The fourth-order valence-electron chi connectivity index (χ4n) is 2.66. The molecule has 0 saturated heterocycles. The molecule has 0 radical (unpaired) electrons. The molecule has 146 valence electrons. The number of amides is 1. The first-order valence-corrected chi connectivity index (χ1v) is 10.1. The van der Waals surface area contributed by atoms with Gasteiger partial charge in [-0.15, -0.1) is 16.4 Å². The van der Waals surface area contributed by atoms with Gasteiger partial charge in [-0.3, -0.25) is 10.1 Å². The van der Waals surface area contributed by atoms with Crippen molar-refractivity contribution in [3.05, 3.63) is 93.4 Å². The quantitative estimate of drug-likeness (QED) is 0.459. The van der Waals surface area contributed by atoms with Crippen LogP contribution in [-0.2, 0) is 13.2 Å². The molecule has 0 fully saturated rings. The lowest BCUT2D eigenvalue weighted by Gasteiger charge is -2.04. The van der Waals surface area contributed by atoms with E-state index in [1.165, 1.54) is 11.3 Å². The monoisotopic (exact) mass is 424 g/mol. The van der Waals surface area contributed by atoms with E-state index in [0.717, 1.165) is 11.1 Å². The summed E-state index contributed by atoms with van der Waals surface area (Å²) in [5.41, 5.74) is 2.01. The summed E-state index contributed by atoms with van der Waals surface area (Å²) >= 11 is 7.30. The molecule has 0 aliphatic rings. The fourth-order valence-corrected chi connectivity index (χ4v) is 3.63. The van der Waals surface area contributed by atoms with Crippen molar-refractivity contribution in [2.75, 3.05) is 5.32 Å². The Hall–Kier alpha value is -3.16. The molecule has 0 aliphatic carbocycles. The first-order valence-electron chi connectivity index (χ1n) is 8.86. The molecule has 0 atom stereocenters. The SMILES string of the molecule is O=C(Nc1ncn(Cc2ccccc2)n1)c1cc(COc2cccc(Cl)c2)cs1. The summed E-state index contributed by atoms with van der Waals surface area (Å²) in [5, 5.41) is 9.54. The lowest BCUT2D eigenvalue weighted by Crippen LogP contribution is -2.12. The van der Waals surface area contributed by atoms with Gasteiger partial charge in [0.25, 0.3) is 5.91 Å². The fraction of sp³-hybridized carbons (Fsp3) is 0.0952. The van der Waals surface area contributed by atoms with Gasteiger partial charge in [0.2, 0.25) is 5.95 Å². The number of halogens is 1. The third-order valence-electron chi connectivity index (χ3n) is 4.03. The third-order valence-corrected chi connectivity index (χ3v) is 5.24. The number of nitrogens with zero attached hydrogens (tertiary/aromatic N) is 3. The highest BCUT2D eigenvalue weighted by molar-refractivity contribution is 7.12. The number of anilines is 1. The summed E-state index contributed by atoms with van der Waals surface area (Å²) in [6, 6.07) is 18.9. The zero-order valence-corrected chi connectivity index (χ0v) is 16.9. The van der Waals surface area contributed by atoms with E-state index in [9.17, 15) is 4.79 Å².